The number of amides is 1. The molecule has 0 heterocycles. The lowest BCUT2D eigenvalue weighted by atomic mass is 10.1. The summed E-state index contributed by atoms with van der Waals surface area (Å²) in [6.07, 6.45) is 1.56. The Kier molecular flexibility index (Phi) is 8.92. The number of benzene rings is 2. The molecule has 2 aromatic rings. The zero-order valence-corrected chi connectivity index (χ0v) is 18.6. The first-order valence-corrected chi connectivity index (χ1v) is 10.8. The van der Waals surface area contributed by atoms with Crippen LogP contribution in [0.25, 0.3) is 0 Å². The van der Waals surface area contributed by atoms with Crippen molar-refractivity contribution in [1.29, 1.82) is 0 Å². The minimum absolute atomic E-state index is 0.151. The average molecular weight is 429 g/mol. The first-order chi connectivity index (χ1) is 14.2. The van der Waals surface area contributed by atoms with E-state index in [-0.39, 0.29) is 12.5 Å². The number of nitrogens with one attached hydrogen (secondary N) is 1. The summed E-state index contributed by atoms with van der Waals surface area (Å²) in [5.41, 5.74) is 5.24. The van der Waals surface area contributed by atoms with Gasteiger partial charge in [0, 0.05) is 5.75 Å². The molecule has 0 aliphatic carbocycles. The number of ether oxygens (including phenoxy) is 2. The van der Waals surface area contributed by atoms with Gasteiger partial charge in [0.25, 0.3) is 0 Å². The minimum atomic E-state index is -0.538. The van der Waals surface area contributed by atoms with Crippen molar-refractivity contribution < 1.29 is 19.1 Å². The monoisotopic (exact) mass is 428 g/mol. The summed E-state index contributed by atoms with van der Waals surface area (Å²) in [7, 11) is 0. The molecule has 1 N–H and O–H groups in total. The fourth-order valence-electron chi connectivity index (χ4n) is 2.40. The van der Waals surface area contributed by atoms with Gasteiger partial charge in [0.15, 0.2) is 6.61 Å². The van der Waals surface area contributed by atoms with E-state index in [4.69, 9.17) is 9.47 Å². The zero-order chi connectivity index (χ0) is 22.0. The number of rotatable bonds is 9. The third kappa shape index (κ3) is 9.13. The smallest absolute Gasteiger partial charge is 0.344 e. The van der Waals surface area contributed by atoms with Crippen molar-refractivity contribution in [2.75, 3.05) is 12.4 Å². The summed E-state index contributed by atoms with van der Waals surface area (Å²) in [6, 6.07) is 15.2. The highest BCUT2D eigenvalue weighted by molar-refractivity contribution is 7.99. The van der Waals surface area contributed by atoms with Gasteiger partial charge in [-0.1, -0.05) is 24.3 Å². The summed E-state index contributed by atoms with van der Waals surface area (Å²) in [5, 5.41) is 3.98. The van der Waals surface area contributed by atoms with Crippen LogP contribution in [0.1, 0.15) is 37.5 Å². The van der Waals surface area contributed by atoms with E-state index in [0.29, 0.717) is 11.5 Å². The fraction of sp³-hybridized carbons (Fsp3) is 0.348. The van der Waals surface area contributed by atoms with Crippen molar-refractivity contribution in [3.63, 3.8) is 0 Å². The summed E-state index contributed by atoms with van der Waals surface area (Å²) < 4.78 is 10.6. The van der Waals surface area contributed by atoms with Gasteiger partial charge in [-0.25, -0.2) is 10.2 Å². The number of hydrogen-bond donors (Lipinski definition) is 1. The van der Waals surface area contributed by atoms with Gasteiger partial charge in [0.05, 0.1) is 12.0 Å². The molecule has 2 rings (SSSR count). The Morgan fingerprint density at radius 3 is 2.47 bits per heavy atom. The van der Waals surface area contributed by atoms with Gasteiger partial charge in [-0.2, -0.15) is 5.10 Å². The molecule has 0 spiro atoms. The molecule has 160 valence electrons. The second kappa shape index (κ2) is 11.4. The molecule has 0 atom stereocenters. The van der Waals surface area contributed by atoms with E-state index < -0.39 is 11.6 Å². The number of aryl methyl sites for hydroxylation is 1. The van der Waals surface area contributed by atoms with Gasteiger partial charge < -0.3 is 9.47 Å². The van der Waals surface area contributed by atoms with Gasteiger partial charge in [-0.15, -0.1) is 11.8 Å². The Bertz CT molecular complexity index is 874. The highest BCUT2D eigenvalue weighted by Gasteiger charge is 2.16. The van der Waals surface area contributed by atoms with Crippen molar-refractivity contribution in [2.24, 2.45) is 5.10 Å². The number of carbonyl (C=O) groups is 2. The SMILES string of the molecule is Cc1ccccc1CSCC(=O)N/N=C\c1ccc(OCC(=O)OC(C)(C)C)cc1. The summed E-state index contributed by atoms with van der Waals surface area (Å²) in [6.45, 7) is 7.33. The van der Waals surface area contributed by atoms with Gasteiger partial charge in [0.1, 0.15) is 11.4 Å². The molecular formula is C23H28N2O4S. The summed E-state index contributed by atoms with van der Waals surface area (Å²) in [4.78, 5) is 23.6. The molecular weight excluding hydrogens is 400 g/mol. The number of nitrogens with zero attached hydrogens (tertiary/aromatic N) is 1. The van der Waals surface area contributed by atoms with E-state index in [1.165, 1.54) is 11.1 Å². The highest BCUT2D eigenvalue weighted by atomic mass is 32.2. The van der Waals surface area contributed by atoms with Crippen molar-refractivity contribution in [3.8, 4) is 5.75 Å². The molecule has 0 radical (unpaired) electrons. The molecule has 0 aliphatic heterocycles. The lowest BCUT2D eigenvalue weighted by Crippen LogP contribution is -2.27. The van der Waals surface area contributed by atoms with Gasteiger partial charge in [0.2, 0.25) is 5.91 Å². The molecule has 0 fully saturated rings. The third-order valence-corrected chi connectivity index (χ3v) is 4.79. The van der Waals surface area contributed by atoms with E-state index in [2.05, 4.69) is 29.6 Å². The zero-order valence-electron chi connectivity index (χ0n) is 17.8. The molecule has 0 unspecified atom stereocenters. The van der Waals surface area contributed by atoms with Crippen LogP contribution in [-0.4, -0.2) is 36.1 Å². The maximum Gasteiger partial charge on any atom is 0.344 e. The minimum Gasteiger partial charge on any atom is -0.482 e. The molecule has 1 amide bonds. The number of thioether (sulfide) groups is 1. The van der Waals surface area contributed by atoms with Crippen LogP contribution < -0.4 is 10.2 Å². The van der Waals surface area contributed by atoms with Crippen LogP contribution in [0.15, 0.2) is 53.6 Å². The lowest BCUT2D eigenvalue weighted by molar-refractivity contribution is -0.157. The Balaban J connectivity index is 1.70. The average Bonchev–Trinajstić information content (AvgIpc) is 2.67. The number of carbonyl (C=O) groups excluding carboxylic acids is 2. The first-order valence-electron chi connectivity index (χ1n) is 9.62. The molecule has 7 heteroatoms. The normalized spacial score (nSPS) is 11.3. The van der Waals surface area contributed by atoms with Crippen LogP contribution in [-0.2, 0) is 20.1 Å². The predicted molar refractivity (Wildman–Crippen MR) is 121 cm³/mol. The Labute approximate surface area is 182 Å². The van der Waals surface area contributed by atoms with Crippen LogP contribution in [0, 0.1) is 6.92 Å². The quantitative estimate of drug-likeness (QED) is 0.370. The van der Waals surface area contributed by atoms with E-state index in [1.807, 2.05) is 12.1 Å². The second-order valence-corrected chi connectivity index (χ2v) is 8.64. The van der Waals surface area contributed by atoms with Gasteiger partial charge >= 0.3 is 5.97 Å². The number of hydrogen-bond acceptors (Lipinski definition) is 6. The molecule has 0 bridgehead atoms. The van der Waals surface area contributed by atoms with E-state index in [0.717, 1.165) is 11.3 Å². The van der Waals surface area contributed by atoms with Crippen molar-refractivity contribution >= 4 is 29.9 Å². The van der Waals surface area contributed by atoms with Crippen LogP contribution in [0.3, 0.4) is 0 Å². The van der Waals surface area contributed by atoms with E-state index >= 15 is 0 Å². The van der Waals surface area contributed by atoms with E-state index in [1.54, 1.807) is 63.0 Å². The summed E-state index contributed by atoms with van der Waals surface area (Å²) in [5.74, 6) is 1.10. The topological polar surface area (TPSA) is 77.0 Å². The van der Waals surface area contributed by atoms with Crippen molar-refractivity contribution in [3.05, 3.63) is 65.2 Å². The summed E-state index contributed by atoms with van der Waals surface area (Å²) >= 11 is 1.55. The molecule has 0 aliphatic rings. The van der Waals surface area contributed by atoms with Gasteiger partial charge in [-0.05, 0) is 68.7 Å². The van der Waals surface area contributed by atoms with Crippen LogP contribution in [0.2, 0.25) is 0 Å². The highest BCUT2D eigenvalue weighted by Crippen LogP contribution is 2.15. The molecule has 0 saturated heterocycles. The van der Waals surface area contributed by atoms with Crippen LogP contribution in [0.4, 0.5) is 0 Å². The standard InChI is InChI=1S/C23H28N2O4S/c1-17-7-5-6-8-19(17)15-30-16-21(26)25-24-13-18-9-11-20(12-10-18)28-14-22(27)29-23(2,3)4/h5-13H,14-16H2,1-4H3,(H,25,26)/b24-13-. The predicted octanol–water partition coefficient (Wildman–Crippen LogP) is 4.10. The van der Waals surface area contributed by atoms with Crippen LogP contribution in [0.5, 0.6) is 5.75 Å². The Hall–Kier alpha value is -2.80. The van der Waals surface area contributed by atoms with Gasteiger partial charge in [-0.3, -0.25) is 4.79 Å². The maximum atomic E-state index is 11.9. The van der Waals surface area contributed by atoms with Crippen molar-refractivity contribution in [1.82, 2.24) is 5.43 Å². The first kappa shape index (κ1) is 23.5. The van der Waals surface area contributed by atoms with E-state index in [9.17, 15) is 9.59 Å². The molecule has 30 heavy (non-hydrogen) atoms. The van der Waals surface area contributed by atoms with Crippen LogP contribution >= 0.6 is 11.8 Å². The lowest BCUT2D eigenvalue weighted by Gasteiger charge is -2.19. The Morgan fingerprint density at radius 2 is 1.80 bits per heavy atom. The maximum absolute atomic E-state index is 11.9. The molecule has 0 aromatic heterocycles. The molecule has 2 aromatic carbocycles. The molecule has 6 nitrogen and oxygen atoms in total. The molecule has 0 saturated carbocycles. The van der Waals surface area contributed by atoms with Crippen molar-refractivity contribution in [2.45, 2.75) is 39.0 Å². The third-order valence-electron chi connectivity index (χ3n) is 3.81. The number of hydrazone groups is 1. The Morgan fingerprint density at radius 1 is 1.10 bits per heavy atom. The number of esters is 1. The fourth-order valence-corrected chi connectivity index (χ4v) is 3.30. The second-order valence-electron chi connectivity index (χ2n) is 7.66. The largest absolute Gasteiger partial charge is 0.482 e.